The van der Waals surface area contributed by atoms with E-state index in [9.17, 15) is 4.79 Å². The predicted molar refractivity (Wildman–Crippen MR) is 45.3 cm³/mol. The number of hydrogen-bond donors (Lipinski definition) is 1. The first-order chi connectivity index (χ1) is 6.16. The molecule has 1 N–H and O–H groups in total. The molecule has 0 aromatic rings. The second-order valence-corrected chi connectivity index (χ2v) is 2.79. The van der Waals surface area contributed by atoms with E-state index in [1.54, 1.807) is 14.1 Å². The van der Waals surface area contributed by atoms with Gasteiger partial charge in [-0.1, -0.05) is 0 Å². The summed E-state index contributed by atoms with van der Waals surface area (Å²) in [4.78, 5) is 12.7. The van der Waals surface area contributed by atoms with Gasteiger partial charge in [0.15, 0.2) is 5.57 Å². The van der Waals surface area contributed by atoms with Gasteiger partial charge < -0.3 is 15.0 Å². The van der Waals surface area contributed by atoms with Gasteiger partial charge in [-0.15, -0.1) is 0 Å². The first-order valence-corrected chi connectivity index (χ1v) is 3.89. The molecule has 1 fully saturated rings. The van der Waals surface area contributed by atoms with Gasteiger partial charge in [-0.25, -0.2) is 0 Å². The molecule has 0 unspecified atom stereocenters. The monoisotopic (exact) mass is 181 g/mol. The second kappa shape index (κ2) is 3.81. The number of nitrogens with one attached hydrogen (secondary N) is 1. The fourth-order valence-corrected chi connectivity index (χ4v) is 0.949. The van der Waals surface area contributed by atoms with Crippen molar-refractivity contribution in [3.8, 4) is 6.07 Å². The average Bonchev–Trinajstić information content (AvgIpc) is 2.58. The third-order valence-electron chi connectivity index (χ3n) is 1.59. The van der Waals surface area contributed by atoms with Crippen LogP contribution in [0.4, 0.5) is 0 Å². The zero-order chi connectivity index (χ0) is 9.84. The van der Waals surface area contributed by atoms with Gasteiger partial charge in [0.1, 0.15) is 12.7 Å². The molecule has 0 saturated carbocycles. The van der Waals surface area contributed by atoms with Gasteiger partial charge in [-0.3, -0.25) is 4.79 Å². The molecule has 0 radical (unpaired) electrons. The summed E-state index contributed by atoms with van der Waals surface area (Å²) in [5, 5.41) is 11.6. The van der Waals surface area contributed by atoms with Gasteiger partial charge in [-0.05, 0) is 0 Å². The summed E-state index contributed by atoms with van der Waals surface area (Å²) < 4.78 is 5.08. The molecule has 0 atom stereocenters. The molecule has 5 heteroatoms. The molecule has 0 aliphatic carbocycles. The molecule has 0 aromatic heterocycles. The Hall–Kier alpha value is -1.70. The smallest absolute Gasteiger partial charge is 0.269 e. The maximum atomic E-state index is 11.4. The Labute approximate surface area is 76.6 Å². The standard InChI is InChI=1S/C8H11N3O2/c1-11(2)8(12)6(5-9)7-10-3-4-13-7/h10H,3-4H2,1-2H3. The SMILES string of the molecule is CN(C)C(=O)C(C#N)=C1NCCO1. The van der Waals surface area contributed by atoms with Gasteiger partial charge >= 0.3 is 0 Å². The maximum Gasteiger partial charge on any atom is 0.269 e. The molecule has 1 saturated heterocycles. The van der Waals surface area contributed by atoms with Crippen LogP contribution in [-0.4, -0.2) is 38.1 Å². The van der Waals surface area contributed by atoms with Crippen molar-refractivity contribution >= 4 is 5.91 Å². The number of amides is 1. The van der Waals surface area contributed by atoms with Crippen LogP contribution in [0.1, 0.15) is 0 Å². The number of nitrogens with zero attached hydrogens (tertiary/aromatic N) is 2. The van der Waals surface area contributed by atoms with Crippen molar-refractivity contribution in [2.75, 3.05) is 27.2 Å². The van der Waals surface area contributed by atoms with Crippen LogP contribution >= 0.6 is 0 Å². The lowest BCUT2D eigenvalue weighted by Gasteiger charge is -2.09. The van der Waals surface area contributed by atoms with Crippen molar-refractivity contribution in [1.82, 2.24) is 10.2 Å². The van der Waals surface area contributed by atoms with E-state index in [0.717, 1.165) is 0 Å². The van der Waals surface area contributed by atoms with Gasteiger partial charge in [0.05, 0.1) is 6.54 Å². The summed E-state index contributed by atoms with van der Waals surface area (Å²) in [7, 11) is 3.18. The molecule has 5 nitrogen and oxygen atoms in total. The van der Waals surface area contributed by atoms with Crippen molar-refractivity contribution in [2.24, 2.45) is 0 Å². The molecule has 1 aliphatic rings. The Balaban J connectivity index is 2.90. The van der Waals surface area contributed by atoms with Gasteiger partial charge in [0, 0.05) is 14.1 Å². The lowest BCUT2D eigenvalue weighted by molar-refractivity contribution is -0.124. The van der Waals surface area contributed by atoms with E-state index < -0.39 is 0 Å². The molecule has 1 amide bonds. The molecule has 70 valence electrons. The van der Waals surface area contributed by atoms with E-state index in [-0.39, 0.29) is 11.5 Å². The minimum atomic E-state index is -0.341. The van der Waals surface area contributed by atoms with Gasteiger partial charge in [-0.2, -0.15) is 5.26 Å². The fourth-order valence-electron chi connectivity index (χ4n) is 0.949. The summed E-state index contributed by atoms with van der Waals surface area (Å²) in [6.45, 7) is 1.14. The first kappa shape index (κ1) is 9.39. The Morgan fingerprint density at radius 2 is 2.38 bits per heavy atom. The van der Waals surface area contributed by atoms with E-state index >= 15 is 0 Å². The minimum Gasteiger partial charge on any atom is -0.476 e. The van der Waals surface area contributed by atoms with Gasteiger partial charge in [0.2, 0.25) is 5.88 Å². The minimum absolute atomic E-state index is 0.0301. The van der Waals surface area contributed by atoms with E-state index in [1.807, 2.05) is 6.07 Å². The average molecular weight is 181 g/mol. The molecule has 1 aliphatic heterocycles. The lowest BCUT2D eigenvalue weighted by Crippen LogP contribution is -2.25. The van der Waals surface area contributed by atoms with Gasteiger partial charge in [0.25, 0.3) is 5.91 Å². The predicted octanol–water partition coefficient (Wildman–Crippen LogP) is -0.570. The van der Waals surface area contributed by atoms with E-state index in [1.165, 1.54) is 4.90 Å². The number of nitriles is 1. The molecular weight excluding hydrogens is 170 g/mol. The van der Waals surface area contributed by atoms with Crippen LogP contribution < -0.4 is 5.32 Å². The Bertz CT molecular complexity index is 280. The molecule has 0 aromatic carbocycles. The molecule has 1 heterocycles. The van der Waals surface area contributed by atoms with Crippen LogP contribution in [0.15, 0.2) is 11.5 Å². The number of likely N-dealkylation sites (N-methyl/N-ethyl adjacent to an activating group) is 1. The first-order valence-electron chi connectivity index (χ1n) is 3.89. The van der Waals surface area contributed by atoms with Crippen molar-refractivity contribution in [1.29, 1.82) is 5.26 Å². The summed E-state index contributed by atoms with van der Waals surface area (Å²) >= 11 is 0. The van der Waals surface area contributed by atoms with Crippen LogP contribution in [0.5, 0.6) is 0 Å². The largest absolute Gasteiger partial charge is 0.476 e. The van der Waals surface area contributed by atoms with Crippen LogP contribution in [0.25, 0.3) is 0 Å². The highest BCUT2D eigenvalue weighted by atomic mass is 16.5. The van der Waals surface area contributed by atoms with Crippen LogP contribution in [-0.2, 0) is 9.53 Å². The summed E-state index contributed by atoms with van der Waals surface area (Å²) in [5.41, 5.74) is 0.0301. The van der Waals surface area contributed by atoms with Crippen molar-refractivity contribution in [2.45, 2.75) is 0 Å². The Morgan fingerprint density at radius 1 is 1.69 bits per heavy atom. The Kier molecular flexibility index (Phi) is 2.75. The highest BCUT2D eigenvalue weighted by molar-refractivity contribution is 5.97. The number of carbonyl (C=O) groups excluding carboxylic acids is 1. The van der Waals surface area contributed by atoms with Crippen LogP contribution in [0, 0.1) is 11.3 Å². The normalized spacial score (nSPS) is 18.2. The number of rotatable bonds is 1. The van der Waals surface area contributed by atoms with Crippen molar-refractivity contribution < 1.29 is 9.53 Å². The van der Waals surface area contributed by atoms with E-state index in [0.29, 0.717) is 19.0 Å². The number of ether oxygens (including phenoxy) is 1. The zero-order valence-electron chi connectivity index (χ0n) is 7.63. The summed E-state index contributed by atoms with van der Waals surface area (Å²) in [5.74, 6) is -0.0481. The third-order valence-corrected chi connectivity index (χ3v) is 1.59. The molecule has 1 rings (SSSR count). The van der Waals surface area contributed by atoms with E-state index in [4.69, 9.17) is 10.00 Å². The maximum absolute atomic E-state index is 11.4. The summed E-state index contributed by atoms with van der Waals surface area (Å²) in [6, 6.07) is 1.83. The molecule has 13 heavy (non-hydrogen) atoms. The second-order valence-electron chi connectivity index (χ2n) is 2.79. The Morgan fingerprint density at radius 3 is 2.77 bits per heavy atom. The topological polar surface area (TPSA) is 65.4 Å². The lowest BCUT2D eigenvalue weighted by atomic mass is 10.2. The van der Waals surface area contributed by atoms with Crippen LogP contribution in [0.3, 0.4) is 0 Å². The quantitative estimate of drug-likeness (QED) is 0.434. The highest BCUT2D eigenvalue weighted by Crippen LogP contribution is 2.08. The van der Waals surface area contributed by atoms with Crippen molar-refractivity contribution in [3.63, 3.8) is 0 Å². The highest BCUT2D eigenvalue weighted by Gasteiger charge is 2.20. The summed E-state index contributed by atoms with van der Waals surface area (Å²) in [6.07, 6.45) is 0. The van der Waals surface area contributed by atoms with E-state index in [2.05, 4.69) is 5.32 Å². The van der Waals surface area contributed by atoms with Crippen molar-refractivity contribution in [3.05, 3.63) is 11.5 Å². The van der Waals surface area contributed by atoms with Crippen LogP contribution in [0.2, 0.25) is 0 Å². The molecular formula is C8H11N3O2. The fraction of sp³-hybridized carbons (Fsp3) is 0.500. The molecule has 0 bridgehead atoms. The third kappa shape index (κ3) is 1.90. The molecule has 0 spiro atoms. The zero-order valence-corrected chi connectivity index (χ0v) is 7.63. The number of carbonyl (C=O) groups is 1. The number of hydrogen-bond acceptors (Lipinski definition) is 4.